The summed E-state index contributed by atoms with van der Waals surface area (Å²) in [4.78, 5) is 12.1. The molecule has 6 heteroatoms. The number of aryl methyl sites for hydroxylation is 1. The van der Waals surface area contributed by atoms with E-state index in [4.69, 9.17) is 0 Å². The Morgan fingerprint density at radius 2 is 2.12 bits per heavy atom. The fourth-order valence-corrected chi connectivity index (χ4v) is 1.85. The van der Waals surface area contributed by atoms with Gasteiger partial charge in [-0.05, 0) is 30.6 Å². The lowest BCUT2D eigenvalue weighted by atomic mass is 10.1. The molecule has 0 amide bonds. The highest BCUT2D eigenvalue weighted by Gasteiger charge is 2.19. The van der Waals surface area contributed by atoms with Crippen LogP contribution in [0.1, 0.15) is 20.9 Å². The number of hydrogen-bond donors (Lipinski definition) is 0. The van der Waals surface area contributed by atoms with Gasteiger partial charge in [-0.15, -0.1) is 5.10 Å². The SMILES string of the molecule is Cc1nnsc1C(=O)c1ccc(F)cc1F. The van der Waals surface area contributed by atoms with E-state index in [1.165, 1.54) is 0 Å². The van der Waals surface area contributed by atoms with Crippen LogP contribution in [0.4, 0.5) is 8.78 Å². The molecule has 0 aliphatic carbocycles. The first-order valence-corrected chi connectivity index (χ1v) is 5.15. The van der Waals surface area contributed by atoms with E-state index in [1.807, 2.05) is 0 Å². The Hall–Kier alpha value is -1.69. The Bertz CT molecular complexity index is 554. The molecule has 82 valence electrons. The molecule has 1 heterocycles. The second kappa shape index (κ2) is 4.05. The molecule has 0 radical (unpaired) electrons. The molecule has 2 rings (SSSR count). The molecule has 16 heavy (non-hydrogen) atoms. The Morgan fingerprint density at radius 1 is 1.38 bits per heavy atom. The predicted molar refractivity (Wildman–Crippen MR) is 54.4 cm³/mol. The van der Waals surface area contributed by atoms with E-state index < -0.39 is 17.4 Å². The normalized spacial score (nSPS) is 10.4. The molecule has 0 spiro atoms. The molecular weight excluding hydrogens is 234 g/mol. The van der Waals surface area contributed by atoms with Crippen LogP contribution in [-0.4, -0.2) is 15.4 Å². The van der Waals surface area contributed by atoms with Crippen LogP contribution in [0.3, 0.4) is 0 Å². The van der Waals surface area contributed by atoms with E-state index in [0.29, 0.717) is 11.8 Å². The third-order valence-corrected chi connectivity index (χ3v) is 2.86. The van der Waals surface area contributed by atoms with Crippen molar-refractivity contribution in [1.29, 1.82) is 0 Å². The highest BCUT2D eigenvalue weighted by molar-refractivity contribution is 7.08. The van der Waals surface area contributed by atoms with Gasteiger partial charge >= 0.3 is 0 Å². The highest BCUT2D eigenvalue weighted by atomic mass is 32.1. The summed E-state index contributed by atoms with van der Waals surface area (Å²) in [5.74, 6) is -2.11. The molecule has 0 aliphatic rings. The maximum Gasteiger partial charge on any atom is 0.209 e. The van der Waals surface area contributed by atoms with Gasteiger partial charge < -0.3 is 0 Å². The summed E-state index contributed by atoms with van der Waals surface area (Å²) in [6, 6.07) is 2.84. The Labute approximate surface area is 93.9 Å². The number of carbonyl (C=O) groups excluding carboxylic acids is 1. The van der Waals surface area contributed by atoms with E-state index in [-0.39, 0.29) is 10.4 Å². The van der Waals surface area contributed by atoms with Gasteiger partial charge in [0, 0.05) is 6.07 Å². The summed E-state index contributed by atoms with van der Waals surface area (Å²) in [7, 11) is 0. The highest BCUT2D eigenvalue weighted by Crippen LogP contribution is 2.18. The van der Waals surface area contributed by atoms with E-state index in [9.17, 15) is 13.6 Å². The molecule has 0 atom stereocenters. The van der Waals surface area contributed by atoms with Gasteiger partial charge in [-0.3, -0.25) is 4.79 Å². The van der Waals surface area contributed by atoms with Gasteiger partial charge in [0.1, 0.15) is 16.5 Å². The number of ketones is 1. The van der Waals surface area contributed by atoms with Crippen LogP contribution in [0.5, 0.6) is 0 Å². The first-order valence-electron chi connectivity index (χ1n) is 4.38. The maximum absolute atomic E-state index is 13.3. The van der Waals surface area contributed by atoms with Crippen LogP contribution in [0.2, 0.25) is 0 Å². The van der Waals surface area contributed by atoms with Crippen molar-refractivity contribution in [2.75, 3.05) is 0 Å². The summed E-state index contributed by atoms with van der Waals surface area (Å²) >= 11 is 0.894. The van der Waals surface area contributed by atoms with Gasteiger partial charge in [0.25, 0.3) is 0 Å². The zero-order valence-electron chi connectivity index (χ0n) is 8.20. The second-order valence-corrected chi connectivity index (χ2v) is 3.89. The summed E-state index contributed by atoms with van der Waals surface area (Å²) in [6.07, 6.45) is 0. The molecule has 0 saturated carbocycles. The van der Waals surface area contributed by atoms with Crippen molar-refractivity contribution >= 4 is 17.3 Å². The van der Waals surface area contributed by atoms with Crippen molar-refractivity contribution in [3.8, 4) is 0 Å². The van der Waals surface area contributed by atoms with Crippen LogP contribution in [0.15, 0.2) is 18.2 Å². The largest absolute Gasteiger partial charge is 0.287 e. The van der Waals surface area contributed by atoms with E-state index in [2.05, 4.69) is 9.59 Å². The fourth-order valence-electron chi connectivity index (χ4n) is 1.24. The van der Waals surface area contributed by atoms with Gasteiger partial charge in [0.05, 0.1) is 11.3 Å². The van der Waals surface area contributed by atoms with E-state index in [1.54, 1.807) is 6.92 Å². The number of aromatic nitrogens is 2. The quantitative estimate of drug-likeness (QED) is 0.757. The first kappa shape index (κ1) is 10.8. The molecule has 0 N–H and O–H groups in total. The first-order chi connectivity index (χ1) is 7.59. The maximum atomic E-state index is 13.3. The molecule has 0 saturated heterocycles. The lowest BCUT2D eigenvalue weighted by Crippen LogP contribution is -2.04. The van der Waals surface area contributed by atoms with Gasteiger partial charge in [-0.2, -0.15) is 0 Å². The van der Waals surface area contributed by atoms with Crippen molar-refractivity contribution in [2.24, 2.45) is 0 Å². The Kier molecular flexibility index (Phi) is 2.74. The third-order valence-electron chi connectivity index (χ3n) is 2.03. The molecular formula is C10H6F2N2OS. The average Bonchev–Trinajstić information content (AvgIpc) is 2.63. The molecule has 0 aliphatic heterocycles. The van der Waals surface area contributed by atoms with Crippen molar-refractivity contribution in [2.45, 2.75) is 6.92 Å². The second-order valence-electron chi connectivity index (χ2n) is 3.14. The minimum absolute atomic E-state index is 0.171. The molecule has 1 aromatic heterocycles. The summed E-state index contributed by atoms with van der Waals surface area (Å²) < 4.78 is 29.6. The summed E-state index contributed by atoms with van der Waals surface area (Å²) in [5, 5.41) is 3.66. The molecule has 0 unspecified atom stereocenters. The van der Waals surface area contributed by atoms with Gasteiger partial charge in [-0.1, -0.05) is 4.49 Å². The number of halogens is 2. The van der Waals surface area contributed by atoms with Crippen LogP contribution in [-0.2, 0) is 0 Å². The number of carbonyl (C=O) groups is 1. The molecule has 1 aromatic carbocycles. The van der Waals surface area contributed by atoms with E-state index >= 15 is 0 Å². The van der Waals surface area contributed by atoms with Crippen LogP contribution >= 0.6 is 11.5 Å². The van der Waals surface area contributed by atoms with Crippen LogP contribution in [0, 0.1) is 18.6 Å². The van der Waals surface area contributed by atoms with Crippen LogP contribution in [0.25, 0.3) is 0 Å². The molecule has 0 fully saturated rings. The summed E-state index contributed by atoms with van der Waals surface area (Å²) in [6.45, 7) is 1.61. The molecule has 3 nitrogen and oxygen atoms in total. The van der Waals surface area contributed by atoms with Gasteiger partial charge in [0.15, 0.2) is 0 Å². The number of benzene rings is 1. The molecule has 0 bridgehead atoms. The molecule has 2 aromatic rings. The lowest BCUT2D eigenvalue weighted by Gasteiger charge is -2.00. The van der Waals surface area contributed by atoms with Gasteiger partial charge in [0.2, 0.25) is 5.78 Å². The number of hydrogen-bond acceptors (Lipinski definition) is 4. The van der Waals surface area contributed by atoms with Crippen molar-refractivity contribution < 1.29 is 13.6 Å². The Morgan fingerprint density at radius 3 is 2.69 bits per heavy atom. The Balaban J connectivity index is 2.46. The van der Waals surface area contributed by atoms with Crippen molar-refractivity contribution in [1.82, 2.24) is 9.59 Å². The predicted octanol–water partition coefficient (Wildman–Crippen LogP) is 2.36. The minimum atomic E-state index is -0.877. The van der Waals surface area contributed by atoms with Gasteiger partial charge in [-0.25, -0.2) is 8.78 Å². The standard InChI is InChI=1S/C10H6F2N2OS/c1-5-10(16-14-13-5)9(15)7-3-2-6(11)4-8(7)12/h2-4H,1H3. The number of nitrogens with zero attached hydrogens (tertiary/aromatic N) is 2. The zero-order valence-corrected chi connectivity index (χ0v) is 9.02. The number of rotatable bonds is 2. The van der Waals surface area contributed by atoms with Crippen LogP contribution < -0.4 is 0 Å². The average molecular weight is 240 g/mol. The smallest absolute Gasteiger partial charge is 0.209 e. The van der Waals surface area contributed by atoms with Crippen molar-refractivity contribution in [3.63, 3.8) is 0 Å². The summed E-state index contributed by atoms with van der Waals surface area (Å²) in [5.41, 5.74) is 0.272. The third kappa shape index (κ3) is 1.83. The lowest BCUT2D eigenvalue weighted by molar-refractivity contribution is 0.103. The minimum Gasteiger partial charge on any atom is -0.287 e. The fraction of sp³-hybridized carbons (Fsp3) is 0.100. The van der Waals surface area contributed by atoms with Crippen molar-refractivity contribution in [3.05, 3.63) is 46.0 Å². The zero-order chi connectivity index (χ0) is 11.7. The van der Waals surface area contributed by atoms with E-state index in [0.717, 1.165) is 23.7 Å². The topological polar surface area (TPSA) is 42.9 Å². The monoisotopic (exact) mass is 240 g/mol.